The lowest BCUT2D eigenvalue weighted by Gasteiger charge is -2.06. The van der Waals surface area contributed by atoms with Crippen molar-refractivity contribution in [3.05, 3.63) is 47.8 Å². The van der Waals surface area contributed by atoms with Crippen molar-refractivity contribution in [2.45, 2.75) is 13.5 Å². The monoisotopic (exact) mass is 248 g/mol. The van der Waals surface area contributed by atoms with Crippen molar-refractivity contribution in [3.8, 4) is 5.75 Å². The minimum atomic E-state index is -0.606. The standard InChI is InChI=1S/C13H13FN2O2/c1-3-16-7-6-15-13(16)12(17)10-5-4-9(18-2)8-11(10)14/h4-8H,3H2,1-2H3. The molecule has 1 heterocycles. The maximum atomic E-state index is 13.8. The van der Waals surface area contributed by atoms with Gasteiger partial charge in [-0.25, -0.2) is 9.37 Å². The van der Waals surface area contributed by atoms with Crippen molar-refractivity contribution in [1.82, 2.24) is 9.55 Å². The van der Waals surface area contributed by atoms with Crippen LogP contribution in [-0.2, 0) is 6.54 Å². The molecular weight excluding hydrogens is 235 g/mol. The second-order valence-corrected chi connectivity index (χ2v) is 3.71. The number of hydrogen-bond acceptors (Lipinski definition) is 3. The Bertz CT molecular complexity index is 578. The first kappa shape index (κ1) is 12.3. The van der Waals surface area contributed by atoms with E-state index in [1.807, 2.05) is 6.92 Å². The number of ketones is 1. The number of halogens is 1. The predicted octanol–water partition coefficient (Wildman–Crippen LogP) is 2.28. The lowest BCUT2D eigenvalue weighted by atomic mass is 10.1. The van der Waals surface area contributed by atoms with E-state index in [2.05, 4.69) is 4.98 Å². The van der Waals surface area contributed by atoms with Gasteiger partial charge in [0.05, 0.1) is 12.7 Å². The number of benzene rings is 1. The maximum Gasteiger partial charge on any atom is 0.231 e. The van der Waals surface area contributed by atoms with Crippen molar-refractivity contribution in [3.63, 3.8) is 0 Å². The Morgan fingerprint density at radius 1 is 1.50 bits per heavy atom. The Morgan fingerprint density at radius 3 is 2.89 bits per heavy atom. The molecule has 5 heteroatoms. The average molecular weight is 248 g/mol. The first-order chi connectivity index (χ1) is 8.67. The van der Waals surface area contributed by atoms with Crippen LogP contribution in [0, 0.1) is 5.82 Å². The highest BCUT2D eigenvalue weighted by Crippen LogP contribution is 2.18. The largest absolute Gasteiger partial charge is 0.497 e. The van der Waals surface area contributed by atoms with Crippen LogP contribution >= 0.6 is 0 Å². The molecule has 0 saturated heterocycles. The van der Waals surface area contributed by atoms with Crippen molar-refractivity contribution in [2.75, 3.05) is 7.11 Å². The van der Waals surface area contributed by atoms with Gasteiger partial charge in [-0.1, -0.05) is 0 Å². The van der Waals surface area contributed by atoms with E-state index < -0.39 is 11.6 Å². The molecule has 4 nitrogen and oxygen atoms in total. The van der Waals surface area contributed by atoms with Gasteiger partial charge < -0.3 is 9.30 Å². The van der Waals surface area contributed by atoms with Gasteiger partial charge in [-0.2, -0.15) is 0 Å². The van der Waals surface area contributed by atoms with E-state index in [-0.39, 0.29) is 11.4 Å². The third-order valence-corrected chi connectivity index (χ3v) is 2.68. The Kier molecular flexibility index (Phi) is 3.41. The quantitative estimate of drug-likeness (QED) is 0.780. The van der Waals surface area contributed by atoms with Gasteiger partial charge in [0.25, 0.3) is 0 Å². The summed E-state index contributed by atoms with van der Waals surface area (Å²) in [7, 11) is 1.44. The minimum absolute atomic E-state index is 0.00306. The zero-order valence-corrected chi connectivity index (χ0v) is 10.2. The van der Waals surface area contributed by atoms with Gasteiger partial charge in [0.2, 0.25) is 5.78 Å². The molecule has 0 spiro atoms. The molecular formula is C13H13FN2O2. The number of imidazole rings is 1. The third kappa shape index (κ3) is 2.11. The molecule has 94 valence electrons. The van der Waals surface area contributed by atoms with Gasteiger partial charge in [0, 0.05) is 25.0 Å². The SMILES string of the molecule is CCn1ccnc1C(=O)c1ccc(OC)cc1F. The highest BCUT2D eigenvalue weighted by atomic mass is 19.1. The fourth-order valence-corrected chi connectivity index (χ4v) is 1.70. The zero-order chi connectivity index (χ0) is 13.1. The normalized spacial score (nSPS) is 10.4. The van der Waals surface area contributed by atoms with E-state index in [0.29, 0.717) is 12.3 Å². The fraction of sp³-hybridized carbons (Fsp3) is 0.231. The molecule has 1 aromatic carbocycles. The summed E-state index contributed by atoms with van der Waals surface area (Å²) in [5, 5.41) is 0. The van der Waals surface area contributed by atoms with E-state index >= 15 is 0 Å². The molecule has 0 atom stereocenters. The van der Waals surface area contributed by atoms with Gasteiger partial charge in [-0.15, -0.1) is 0 Å². The van der Waals surface area contributed by atoms with Crippen molar-refractivity contribution in [1.29, 1.82) is 0 Å². The number of methoxy groups -OCH3 is 1. The molecule has 0 aliphatic carbocycles. The van der Waals surface area contributed by atoms with Crippen molar-refractivity contribution in [2.24, 2.45) is 0 Å². The number of carbonyl (C=O) groups excluding carboxylic acids is 1. The summed E-state index contributed by atoms with van der Waals surface area (Å²) in [6.45, 7) is 2.50. The van der Waals surface area contributed by atoms with Crippen molar-refractivity contribution >= 4 is 5.78 Å². The highest BCUT2D eigenvalue weighted by Gasteiger charge is 2.18. The van der Waals surface area contributed by atoms with E-state index in [1.165, 1.54) is 25.4 Å². The summed E-state index contributed by atoms with van der Waals surface area (Å²) in [5.41, 5.74) is -0.00306. The van der Waals surface area contributed by atoms with E-state index in [1.54, 1.807) is 16.8 Å². The number of hydrogen-bond donors (Lipinski definition) is 0. The summed E-state index contributed by atoms with van der Waals surface area (Å²) >= 11 is 0. The lowest BCUT2D eigenvalue weighted by molar-refractivity contribution is 0.102. The summed E-state index contributed by atoms with van der Waals surface area (Å²) in [5.74, 6) is -0.420. The van der Waals surface area contributed by atoms with Crippen LogP contribution < -0.4 is 4.74 Å². The second-order valence-electron chi connectivity index (χ2n) is 3.71. The van der Waals surface area contributed by atoms with Crippen LogP contribution in [0.25, 0.3) is 0 Å². The zero-order valence-electron chi connectivity index (χ0n) is 10.2. The topological polar surface area (TPSA) is 44.1 Å². The van der Waals surface area contributed by atoms with E-state index in [4.69, 9.17) is 4.74 Å². The molecule has 0 amide bonds. The predicted molar refractivity (Wildman–Crippen MR) is 64.3 cm³/mol. The molecule has 0 aliphatic heterocycles. The number of carbonyl (C=O) groups is 1. The van der Waals surface area contributed by atoms with E-state index in [9.17, 15) is 9.18 Å². The Balaban J connectivity index is 2.40. The van der Waals surface area contributed by atoms with Gasteiger partial charge >= 0.3 is 0 Å². The number of aryl methyl sites for hydroxylation is 1. The summed E-state index contributed by atoms with van der Waals surface area (Å²) < 4.78 is 20.3. The van der Waals surface area contributed by atoms with Crippen molar-refractivity contribution < 1.29 is 13.9 Å². The molecule has 0 aliphatic rings. The minimum Gasteiger partial charge on any atom is -0.497 e. The number of ether oxygens (including phenoxy) is 1. The van der Waals surface area contributed by atoms with Crippen LogP contribution in [0.1, 0.15) is 23.1 Å². The summed E-state index contributed by atoms with van der Waals surface area (Å²) in [4.78, 5) is 16.1. The van der Waals surface area contributed by atoms with Crippen LogP contribution in [0.3, 0.4) is 0 Å². The fourth-order valence-electron chi connectivity index (χ4n) is 1.70. The van der Waals surface area contributed by atoms with Gasteiger partial charge in [0.1, 0.15) is 11.6 Å². The van der Waals surface area contributed by atoms with Gasteiger partial charge in [-0.05, 0) is 19.1 Å². The molecule has 0 fully saturated rings. The van der Waals surface area contributed by atoms with Crippen LogP contribution in [-0.4, -0.2) is 22.4 Å². The molecule has 0 bridgehead atoms. The number of nitrogens with zero attached hydrogens (tertiary/aromatic N) is 2. The van der Waals surface area contributed by atoms with Gasteiger partial charge in [-0.3, -0.25) is 4.79 Å². The molecule has 0 radical (unpaired) electrons. The highest BCUT2D eigenvalue weighted by molar-refractivity contribution is 6.06. The molecule has 18 heavy (non-hydrogen) atoms. The average Bonchev–Trinajstić information content (AvgIpc) is 2.86. The number of aromatic nitrogens is 2. The molecule has 2 rings (SSSR count). The van der Waals surface area contributed by atoms with Crippen LogP contribution in [0.2, 0.25) is 0 Å². The maximum absolute atomic E-state index is 13.8. The third-order valence-electron chi connectivity index (χ3n) is 2.68. The first-order valence-corrected chi connectivity index (χ1v) is 5.56. The first-order valence-electron chi connectivity index (χ1n) is 5.56. The lowest BCUT2D eigenvalue weighted by Crippen LogP contribution is -2.12. The van der Waals surface area contributed by atoms with Crippen LogP contribution in [0.5, 0.6) is 5.75 Å². The molecule has 0 unspecified atom stereocenters. The number of rotatable bonds is 4. The Labute approximate surface area is 104 Å². The summed E-state index contributed by atoms with van der Waals surface area (Å²) in [6, 6.07) is 4.15. The second kappa shape index (κ2) is 5.00. The Morgan fingerprint density at radius 2 is 2.28 bits per heavy atom. The molecule has 0 N–H and O–H groups in total. The van der Waals surface area contributed by atoms with Crippen LogP contribution in [0.4, 0.5) is 4.39 Å². The van der Waals surface area contributed by atoms with Gasteiger partial charge in [0.15, 0.2) is 5.82 Å². The molecule has 2 aromatic rings. The van der Waals surface area contributed by atoms with Crippen LogP contribution in [0.15, 0.2) is 30.6 Å². The Hall–Kier alpha value is -2.17. The summed E-state index contributed by atoms with van der Waals surface area (Å²) in [6.07, 6.45) is 3.22. The smallest absolute Gasteiger partial charge is 0.231 e. The molecule has 1 aromatic heterocycles. The molecule has 0 saturated carbocycles. The van der Waals surface area contributed by atoms with E-state index in [0.717, 1.165) is 0 Å².